The van der Waals surface area contributed by atoms with Crippen molar-refractivity contribution in [2.45, 2.75) is 25.7 Å². The number of aliphatic hydroxyl groups is 1. The summed E-state index contributed by atoms with van der Waals surface area (Å²) < 4.78 is 5.74. The van der Waals surface area contributed by atoms with Gasteiger partial charge in [-0.2, -0.15) is 5.06 Å². The zero-order valence-corrected chi connectivity index (χ0v) is 18.0. The number of allylic oxidation sites excluding steroid dienone is 6. The fourth-order valence-electron chi connectivity index (χ4n) is 5.73. The van der Waals surface area contributed by atoms with Gasteiger partial charge in [0.1, 0.15) is 12.4 Å². The van der Waals surface area contributed by atoms with Crippen molar-refractivity contribution in [1.82, 2.24) is 5.06 Å². The molecule has 0 saturated carbocycles. The van der Waals surface area contributed by atoms with E-state index in [9.17, 15) is 29.5 Å². The number of hydrogen-bond donors (Lipinski definition) is 2. The summed E-state index contributed by atoms with van der Waals surface area (Å²) in [6.07, 6.45) is 3.63. The number of Topliss-reactive ketones (excluding diaryl/α,β-unsaturated/α-hetero) is 1. The molecule has 2 N–H and O–H groups in total. The lowest BCUT2D eigenvalue weighted by Gasteiger charge is -2.42. The molecule has 0 radical (unpaired) electrons. The van der Waals surface area contributed by atoms with E-state index in [-0.39, 0.29) is 42.7 Å². The van der Waals surface area contributed by atoms with E-state index in [2.05, 4.69) is 0 Å². The van der Waals surface area contributed by atoms with E-state index in [1.165, 1.54) is 6.08 Å². The van der Waals surface area contributed by atoms with Crippen molar-refractivity contribution in [3.8, 4) is 5.75 Å². The Bertz CT molecular complexity index is 1190. The lowest BCUT2D eigenvalue weighted by Crippen LogP contribution is -2.39. The second-order valence-electron chi connectivity index (χ2n) is 8.83. The Balaban J connectivity index is 1.71. The zero-order chi connectivity index (χ0) is 23.4. The van der Waals surface area contributed by atoms with Crippen LogP contribution in [-0.4, -0.2) is 52.0 Å². The number of amides is 2. The van der Waals surface area contributed by atoms with Gasteiger partial charge < -0.3 is 9.84 Å². The van der Waals surface area contributed by atoms with Crippen molar-refractivity contribution in [3.05, 3.63) is 64.3 Å². The topological polar surface area (TPSA) is 121 Å². The first-order chi connectivity index (χ1) is 15.8. The van der Waals surface area contributed by atoms with Gasteiger partial charge in [0.05, 0.1) is 18.4 Å². The maximum Gasteiger partial charge on any atom is 0.257 e. The molecule has 1 saturated heterocycles. The minimum absolute atomic E-state index is 0.0567. The molecule has 4 aliphatic rings. The van der Waals surface area contributed by atoms with Gasteiger partial charge in [-0.25, -0.2) is 0 Å². The van der Waals surface area contributed by atoms with Crippen LogP contribution in [-0.2, 0) is 19.2 Å². The Hall–Kier alpha value is -3.36. The first kappa shape index (κ1) is 21.5. The molecule has 1 fully saturated rings. The molecule has 1 aromatic carbocycles. The van der Waals surface area contributed by atoms with Crippen LogP contribution in [0.3, 0.4) is 0 Å². The molecule has 0 unspecified atom stereocenters. The fourth-order valence-corrected chi connectivity index (χ4v) is 5.73. The molecule has 0 spiro atoms. The van der Waals surface area contributed by atoms with E-state index >= 15 is 0 Å². The van der Waals surface area contributed by atoms with E-state index in [1.54, 1.807) is 31.2 Å². The number of carbonyl (C=O) groups excluding carboxylic acids is 4. The van der Waals surface area contributed by atoms with E-state index in [0.29, 0.717) is 28.0 Å². The van der Waals surface area contributed by atoms with Gasteiger partial charge in [-0.1, -0.05) is 29.8 Å². The average Bonchev–Trinajstić information content (AvgIpc) is 3.04. The quantitative estimate of drug-likeness (QED) is 0.312. The van der Waals surface area contributed by atoms with Crippen molar-refractivity contribution in [3.63, 3.8) is 0 Å². The summed E-state index contributed by atoms with van der Waals surface area (Å²) in [5, 5.41) is 19.4. The Labute approximate surface area is 189 Å². The van der Waals surface area contributed by atoms with Crippen LogP contribution in [0.1, 0.15) is 31.2 Å². The minimum atomic E-state index is -0.793. The Kier molecular flexibility index (Phi) is 5.14. The van der Waals surface area contributed by atoms with Crippen LogP contribution in [0.25, 0.3) is 0 Å². The van der Waals surface area contributed by atoms with Crippen molar-refractivity contribution < 1.29 is 34.2 Å². The number of para-hydroxylation sites is 1. The number of rotatable bonds is 4. The third kappa shape index (κ3) is 3.13. The zero-order valence-electron chi connectivity index (χ0n) is 18.0. The number of carbonyl (C=O) groups is 4. The number of fused-ring (bicyclic) bond motifs is 3. The molecule has 170 valence electrons. The van der Waals surface area contributed by atoms with Crippen LogP contribution in [0, 0.1) is 17.8 Å². The summed E-state index contributed by atoms with van der Waals surface area (Å²) in [6, 6.07) is 7.11. The number of nitrogens with zero attached hydrogens (tertiary/aromatic N) is 1. The number of ether oxygens (including phenoxy) is 1. The van der Waals surface area contributed by atoms with Gasteiger partial charge in [0, 0.05) is 28.2 Å². The van der Waals surface area contributed by atoms with Crippen LogP contribution in [0.4, 0.5) is 0 Å². The van der Waals surface area contributed by atoms with Gasteiger partial charge in [-0.05, 0) is 37.8 Å². The largest absolute Gasteiger partial charge is 0.491 e. The van der Waals surface area contributed by atoms with Gasteiger partial charge >= 0.3 is 0 Å². The summed E-state index contributed by atoms with van der Waals surface area (Å²) in [5.41, 5.74) is 2.48. The minimum Gasteiger partial charge on any atom is -0.491 e. The molecule has 5 rings (SSSR count). The molecule has 33 heavy (non-hydrogen) atoms. The maximum absolute atomic E-state index is 13.2. The van der Waals surface area contributed by atoms with E-state index in [4.69, 9.17) is 4.74 Å². The molecule has 1 aliphatic heterocycles. The molecule has 3 aliphatic carbocycles. The number of ketones is 2. The predicted octanol–water partition coefficient (Wildman–Crippen LogP) is 1.88. The van der Waals surface area contributed by atoms with Gasteiger partial charge in [-0.3, -0.25) is 24.4 Å². The van der Waals surface area contributed by atoms with Gasteiger partial charge in [0.25, 0.3) is 11.8 Å². The lowest BCUT2D eigenvalue weighted by atomic mass is 9.59. The third-order valence-electron chi connectivity index (χ3n) is 7.12. The fraction of sp³-hybridized carbons (Fsp3) is 0.360. The molecule has 8 heteroatoms. The molecular weight excluding hydrogens is 426 g/mol. The predicted molar refractivity (Wildman–Crippen MR) is 114 cm³/mol. The first-order valence-corrected chi connectivity index (χ1v) is 10.9. The van der Waals surface area contributed by atoms with E-state index in [1.807, 2.05) is 6.08 Å². The highest BCUT2D eigenvalue weighted by Gasteiger charge is 2.56. The molecular formula is C25H23NO7. The number of hydroxylamine groups is 2. The first-order valence-electron chi connectivity index (χ1n) is 10.9. The van der Waals surface area contributed by atoms with Gasteiger partial charge in [0.15, 0.2) is 11.6 Å². The normalized spacial score (nSPS) is 28.9. The Morgan fingerprint density at radius 1 is 1.09 bits per heavy atom. The average molecular weight is 449 g/mol. The summed E-state index contributed by atoms with van der Waals surface area (Å²) in [5.74, 6) is -3.97. The van der Waals surface area contributed by atoms with Crippen molar-refractivity contribution in [1.29, 1.82) is 0 Å². The van der Waals surface area contributed by atoms with Crippen LogP contribution < -0.4 is 4.74 Å². The van der Waals surface area contributed by atoms with Crippen molar-refractivity contribution in [2.24, 2.45) is 17.8 Å². The monoisotopic (exact) mass is 449 g/mol. The van der Waals surface area contributed by atoms with E-state index < -0.39 is 35.5 Å². The molecule has 8 nitrogen and oxygen atoms in total. The summed E-state index contributed by atoms with van der Waals surface area (Å²) >= 11 is 0. The van der Waals surface area contributed by atoms with Gasteiger partial charge in [-0.15, -0.1) is 0 Å². The van der Waals surface area contributed by atoms with Crippen molar-refractivity contribution >= 4 is 23.4 Å². The smallest absolute Gasteiger partial charge is 0.257 e. The molecule has 0 aromatic heterocycles. The highest BCUT2D eigenvalue weighted by Crippen LogP contribution is 2.55. The number of imide groups is 1. The second kappa shape index (κ2) is 7.90. The van der Waals surface area contributed by atoms with E-state index in [0.717, 1.165) is 5.57 Å². The summed E-state index contributed by atoms with van der Waals surface area (Å²) in [4.78, 5) is 51.6. The van der Waals surface area contributed by atoms with Gasteiger partial charge in [0.2, 0.25) is 0 Å². The van der Waals surface area contributed by atoms with Crippen molar-refractivity contribution in [2.75, 3.05) is 13.2 Å². The Morgan fingerprint density at radius 2 is 1.85 bits per heavy atom. The highest BCUT2D eigenvalue weighted by atomic mass is 16.5. The lowest BCUT2D eigenvalue weighted by molar-refractivity contribution is -0.173. The number of aliphatic hydroxyl groups excluding tert-OH is 1. The van der Waals surface area contributed by atoms with Crippen LogP contribution in [0.2, 0.25) is 0 Å². The van der Waals surface area contributed by atoms with Crippen LogP contribution in [0.15, 0.2) is 58.7 Å². The summed E-state index contributed by atoms with van der Waals surface area (Å²) in [7, 11) is 0. The molecule has 1 heterocycles. The second-order valence-corrected chi connectivity index (χ2v) is 8.83. The maximum atomic E-state index is 13.2. The standard InChI is InChI=1S/C25H23NO7/c1-12-10-18(28)22-17(23(12)29)11-16-13(6-7-15-21(16)25(31)26(32)24(15)30)20(22)14-4-2-3-5-19(14)33-9-8-27/h2-6,10,15-16,20-21,27,32H,7-9,11H2,1H3/t15-,16+,20+,21-/m0/s1. The third-order valence-corrected chi connectivity index (χ3v) is 7.12. The molecule has 1 aromatic rings. The van der Waals surface area contributed by atoms with Crippen LogP contribution in [0.5, 0.6) is 5.75 Å². The Morgan fingerprint density at radius 3 is 2.61 bits per heavy atom. The number of hydrogen-bond acceptors (Lipinski definition) is 7. The molecule has 2 amide bonds. The summed E-state index contributed by atoms with van der Waals surface area (Å²) in [6.45, 7) is 1.46. The van der Waals surface area contributed by atoms with Crippen LogP contribution >= 0.6 is 0 Å². The molecule has 0 bridgehead atoms. The molecule has 4 atom stereocenters. The SMILES string of the molecule is CC1=CC(=O)C2=C(C[C@@H]3C(=CC[C@@H]4C(=O)N(O)C(=O)[C@@H]43)[C@@H]2c2ccccc2OCCO)C1=O. The number of benzene rings is 1. The highest BCUT2D eigenvalue weighted by molar-refractivity contribution is 6.23.